The maximum absolute atomic E-state index is 5.89. The third-order valence-electron chi connectivity index (χ3n) is 3.94. The lowest BCUT2D eigenvalue weighted by Gasteiger charge is -2.36. The third kappa shape index (κ3) is 3.65. The molecule has 3 N–H and O–H groups in total. The van der Waals surface area contributed by atoms with Crippen molar-refractivity contribution in [2.45, 2.75) is 19.1 Å². The number of hydrogen-bond donors (Lipinski definition) is 2. The molecule has 21 heavy (non-hydrogen) atoms. The van der Waals surface area contributed by atoms with Crippen molar-refractivity contribution in [2.75, 3.05) is 40.5 Å². The summed E-state index contributed by atoms with van der Waals surface area (Å²) in [6, 6.07) is 5.73. The van der Waals surface area contributed by atoms with Gasteiger partial charge in [-0.2, -0.15) is 0 Å². The van der Waals surface area contributed by atoms with Crippen LogP contribution in [0.3, 0.4) is 0 Å². The fourth-order valence-electron chi connectivity index (χ4n) is 2.68. The molecule has 2 rings (SSSR count). The van der Waals surface area contributed by atoms with E-state index in [-0.39, 0.29) is 12.1 Å². The van der Waals surface area contributed by atoms with Crippen LogP contribution >= 0.6 is 0 Å². The summed E-state index contributed by atoms with van der Waals surface area (Å²) < 4.78 is 16.5. The van der Waals surface area contributed by atoms with Crippen molar-refractivity contribution in [3.05, 3.63) is 23.8 Å². The van der Waals surface area contributed by atoms with Gasteiger partial charge in [-0.15, -0.1) is 0 Å². The van der Waals surface area contributed by atoms with Gasteiger partial charge in [-0.3, -0.25) is 16.2 Å². The number of nitrogens with zero attached hydrogens (tertiary/aromatic N) is 1. The Balaban J connectivity index is 2.20. The molecule has 0 spiro atoms. The molecule has 1 fully saturated rings. The van der Waals surface area contributed by atoms with Crippen LogP contribution in [0.15, 0.2) is 18.2 Å². The predicted molar refractivity (Wildman–Crippen MR) is 81.5 cm³/mol. The molecule has 118 valence electrons. The van der Waals surface area contributed by atoms with E-state index in [1.54, 1.807) is 14.2 Å². The van der Waals surface area contributed by atoms with E-state index in [4.69, 9.17) is 20.1 Å². The molecule has 1 aromatic carbocycles. The lowest BCUT2D eigenvalue weighted by Crippen LogP contribution is -2.49. The van der Waals surface area contributed by atoms with E-state index in [1.807, 2.05) is 18.2 Å². The second-order valence-corrected chi connectivity index (χ2v) is 5.06. The van der Waals surface area contributed by atoms with Crippen molar-refractivity contribution >= 4 is 0 Å². The summed E-state index contributed by atoms with van der Waals surface area (Å²) in [6.45, 7) is 5.73. The second kappa shape index (κ2) is 7.61. The summed E-state index contributed by atoms with van der Waals surface area (Å²) in [6.07, 6.45) is 0.0156. The highest BCUT2D eigenvalue weighted by molar-refractivity contribution is 5.44. The van der Waals surface area contributed by atoms with Crippen LogP contribution in [0.1, 0.15) is 18.5 Å². The normalized spacial score (nSPS) is 21.0. The van der Waals surface area contributed by atoms with Crippen LogP contribution in [-0.4, -0.2) is 51.5 Å². The minimum atomic E-state index is -0.0841. The summed E-state index contributed by atoms with van der Waals surface area (Å²) >= 11 is 0. The van der Waals surface area contributed by atoms with Crippen molar-refractivity contribution in [2.24, 2.45) is 5.84 Å². The van der Waals surface area contributed by atoms with Gasteiger partial charge in [-0.05, 0) is 24.2 Å². The van der Waals surface area contributed by atoms with Gasteiger partial charge in [-0.1, -0.05) is 13.0 Å². The maximum atomic E-state index is 5.89. The van der Waals surface area contributed by atoms with E-state index in [9.17, 15) is 0 Å². The van der Waals surface area contributed by atoms with E-state index in [1.165, 1.54) is 0 Å². The molecule has 0 bridgehead atoms. The summed E-state index contributed by atoms with van der Waals surface area (Å²) in [4.78, 5) is 2.36. The molecule has 0 amide bonds. The van der Waals surface area contributed by atoms with Gasteiger partial charge < -0.3 is 14.2 Å². The zero-order valence-electron chi connectivity index (χ0n) is 13.0. The van der Waals surface area contributed by atoms with Crippen LogP contribution in [0.5, 0.6) is 11.5 Å². The number of methoxy groups -OCH3 is 2. The Kier molecular flexibility index (Phi) is 5.81. The van der Waals surface area contributed by atoms with Crippen molar-refractivity contribution in [1.82, 2.24) is 10.3 Å². The standard InChI is InChI=1S/C15H25N3O3/c1-4-18-7-8-21-14(10-18)15(17-16)11-5-6-12(19-2)13(9-11)20-3/h5-6,9,14-15,17H,4,7-8,10,16H2,1-3H3. The molecule has 2 unspecified atom stereocenters. The van der Waals surface area contributed by atoms with Crippen molar-refractivity contribution in [3.63, 3.8) is 0 Å². The zero-order valence-corrected chi connectivity index (χ0v) is 13.0. The zero-order chi connectivity index (χ0) is 15.2. The number of ether oxygens (including phenoxy) is 3. The molecule has 0 saturated carbocycles. The quantitative estimate of drug-likeness (QED) is 0.601. The molecule has 1 aromatic rings. The van der Waals surface area contributed by atoms with E-state index < -0.39 is 0 Å². The van der Waals surface area contributed by atoms with E-state index in [0.717, 1.165) is 31.8 Å². The first-order chi connectivity index (χ1) is 10.2. The maximum Gasteiger partial charge on any atom is 0.161 e. The number of nitrogens with one attached hydrogen (secondary N) is 1. The molecule has 1 aliphatic heterocycles. The van der Waals surface area contributed by atoms with Gasteiger partial charge in [0.1, 0.15) is 0 Å². The summed E-state index contributed by atoms with van der Waals surface area (Å²) in [5.41, 5.74) is 3.90. The highest BCUT2D eigenvalue weighted by atomic mass is 16.5. The minimum Gasteiger partial charge on any atom is -0.493 e. The third-order valence-corrected chi connectivity index (χ3v) is 3.94. The average Bonchev–Trinajstić information content (AvgIpc) is 2.55. The van der Waals surface area contributed by atoms with Crippen molar-refractivity contribution < 1.29 is 14.2 Å². The summed E-state index contributed by atoms with van der Waals surface area (Å²) in [7, 11) is 3.25. The average molecular weight is 295 g/mol. The summed E-state index contributed by atoms with van der Waals surface area (Å²) in [5, 5.41) is 0. The molecule has 2 atom stereocenters. The monoisotopic (exact) mass is 295 g/mol. The van der Waals surface area contributed by atoms with Gasteiger partial charge in [-0.25, -0.2) is 0 Å². The van der Waals surface area contributed by atoms with Crippen LogP contribution < -0.4 is 20.7 Å². The fourth-order valence-corrected chi connectivity index (χ4v) is 2.68. The van der Waals surface area contributed by atoms with Crippen LogP contribution in [0.4, 0.5) is 0 Å². The second-order valence-electron chi connectivity index (χ2n) is 5.06. The fraction of sp³-hybridized carbons (Fsp3) is 0.600. The number of hydrogen-bond acceptors (Lipinski definition) is 6. The first-order valence-electron chi connectivity index (χ1n) is 7.25. The molecule has 0 aliphatic carbocycles. The number of rotatable bonds is 6. The van der Waals surface area contributed by atoms with E-state index in [2.05, 4.69) is 17.2 Å². The molecule has 0 aromatic heterocycles. The Morgan fingerprint density at radius 1 is 1.38 bits per heavy atom. The van der Waals surface area contributed by atoms with Crippen LogP contribution in [0.2, 0.25) is 0 Å². The van der Waals surface area contributed by atoms with Gasteiger partial charge in [0.25, 0.3) is 0 Å². The van der Waals surface area contributed by atoms with Crippen LogP contribution in [-0.2, 0) is 4.74 Å². The van der Waals surface area contributed by atoms with E-state index >= 15 is 0 Å². The SMILES string of the molecule is CCN1CCOC(C(NN)c2ccc(OC)c(OC)c2)C1. The van der Waals surface area contributed by atoms with Gasteiger partial charge in [0, 0.05) is 13.1 Å². The number of benzene rings is 1. The number of nitrogens with two attached hydrogens (primary N) is 1. The first-order valence-corrected chi connectivity index (χ1v) is 7.25. The first kappa shape index (κ1) is 16.0. The van der Waals surface area contributed by atoms with Crippen molar-refractivity contribution in [3.8, 4) is 11.5 Å². The van der Waals surface area contributed by atoms with Gasteiger partial charge in [0.05, 0.1) is 33.0 Å². The van der Waals surface area contributed by atoms with Gasteiger partial charge in [0.2, 0.25) is 0 Å². The largest absolute Gasteiger partial charge is 0.493 e. The highest BCUT2D eigenvalue weighted by Crippen LogP contribution is 2.31. The number of hydrazine groups is 1. The Labute approximate surface area is 126 Å². The van der Waals surface area contributed by atoms with E-state index in [0.29, 0.717) is 11.5 Å². The van der Waals surface area contributed by atoms with Gasteiger partial charge >= 0.3 is 0 Å². The molecule has 0 radical (unpaired) electrons. The minimum absolute atomic E-state index is 0.0156. The Bertz CT molecular complexity index is 456. The number of morpholine rings is 1. The molecule has 6 nitrogen and oxygen atoms in total. The lowest BCUT2D eigenvalue weighted by molar-refractivity contribution is -0.0456. The smallest absolute Gasteiger partial charge is 0.161 e. The van der Waals surface area contributed by atoms with Crippen LogP contribution in [0, 0.1) is 0 Å². The molecule has 1 heterocycles. The number of likely N-dealkylation sites (N-methyl/N-ethyl adjacent to an activating group) is 1. The molecular weight excluding hydrogens is 270 g/mol. The highest BCUT2D eigenvalue weighted by Gasteiger charge is 2.28. The van der Waals surface area contributed by atoms with Crippen LogP contribution in [0.25, 0.3) is 0 Å². The Morgan fingerprint density at radius 2 is 2.14 bits per heavy atom. The van der Waals surface area contributed by atoms with Gasteiger partial charge in [0.15, 0.2) is 11.5 Å². The predicted octanol–water partition coefficient (Wildman–Crippen LogP) is 0.929. The lowest BCUT2D eigenvalue weighted by atomic mass is 10.00. The van der Waals surface area contributed by atoms with Crippen molar-refractivity contribution in [1.29, 1.82) is 0 Å². The molecule has 1 saturated heterocycles. The topological polar surface area (TPSA) is 69.0 Å². The molecular formula is C15H25N3O3. The Morgan fingerprint density at radius 3 is 2.76 bits per heavy atom. The molecule has 6 heteroatoms. The molecule has 1 aliphatic rings. The summed E-state index contributed by atoms with van der Waals surface area (Å²) in [5.74, 6) is 7.16. The Hall–Kier alpha value is -1.34.